The molecule has 8 heteroatoms. The van der Waals surface area contributed by atoms with E-state index in [1.54, 1.807) is 13.2 Å². The summed E-state index contributed by atoms with van der Waals surface area (Å²) in [6, 6.07) is 11.9. The molecule has 2 aromatic carbocycles. The summed E-state index contributed by atoms with van der Waals surface area (Å²) in [5, 5.41) is 9.32. The normalized spacial score (nSPS) is 13.1. The van der Waals surface area contributed by atoms with Gasteiger partial charge in [-0.25, -0.2) is 9.18 Å². The van der Waals surface area contributed by atoms with E-state index in [0.29, 0.717) is 24.2 Å². The van der Waals surface area contributed by atoms with Crippen molar-refractivity contribution < 1.29 is 18.7 Å². The molecule has 0 atom stereocenters. The number of methoxy groups -OCH3 is 2. The average Bonchev–Trinajstić information content (AvgIpc) is 3.44. The van der Waals surface area contributed by atoms with Gasteiger partial charge < -0.3 is 9.47 Å². The average molecular weight is 475 g/mol. The lowest BCUT2D eigenvalue weighted by Gasteiger charge is -2.08. The maximum atomic E-state index is 14.0. The number of hydrogen-bond donors (Lipinski definition) is 0. The zero-order chi connectivity index (χ0) is 24.4. The first-order valence-corrected chi connectivity index (χ1v) is 11.6. The molecular formula is C27H27FN4O3. The summed E-state index contributed by atoms with van der Waals surface area (Å²) >= 11 is 0. The fourth-order valence-electron chi connectivity index (χ4n) is 4.20. The third-order valence-electron chi connectivity index (χ3n) is 6.21. The molecule has 2 heterocycles. The van der Waals surface area contributed by atoms with Crippen LogP contribution in [0.25, 0.3) is 11.3 Å². The van der Waals surface area contributed by atoms with E-state index in [0.717, 1.165) is 34.9 Å². The van der Waals surface area contributed by atoms with Crippen LogP contribution in [0.4, 0.5) is 4.39 Å². The topological polar surface area (TPSA) is 71.2 Å². The highest BCUT2D eigenvalue weighted by molar-refractivity contribution is 5.97. The van der Waals surface area contributed by atoms with E-state index in [4.69, 9.17) is 14.6 Å². The summed E-state index contributed by atoms with van der Waals surface area (Å²) in [7, 11) is 2.92. The molecule has 0 aliphatic heterocycles. The molecule has 2 aromatic heterocycles. The zero-order valence-corrected chi connectivity index (χ0v) is 19.8. The van der Waals surface area contributed by atoms with Crippen LogP contribution >= 0.6 is 0 Å². The largest absolute Gasteiger partial charge is 0.497 e. The van der Waals surface area contributed by atoms with Gasteiger partial charge in [-0.15, -0.1) is 0 Å². The molecular weight excluding hydrogens is 447 g/mol. The quantitative estimate of drug-likeness (QED) is 0.328. The van der Waals surface area contributed by atoms with Gasteiger partial charge in [0.15, 0.2) is 0 Å². The molecule has 0 unspecified atom stereocenters. The van der Waals surface area contributed by atoms with Crippen LogP contribution in [0.15, 0.2) is 61.1 Å². The molecule has 1 saturated carbocycles. The highest BCUT2D eigenvalue weighted by atomic mass is 19.1. The van der Waals surface area contributed by atoms with Crippen LogP contribution < -0.4 is 4.74 Å². The fraction of sp³-hybridized carbons (Fsp3) is 0.296. The molecule has 1 aliphatic rings. The summed E-state index contributed by atoms with van der Waals surface area (Å²) in [6.07, 6.45) is 9.02. The Balaban J connectivity index is 1.51. The van der Waals surface area contributed by atoms with E-state index in [2.05, 4.69) is 11.3 Å². The summed E-state index contributed by atoms with van der Waals surface area (Å²) in [5.74, 6) is 0.405. The molecule has 4 aromatic rings. The Morgan fingerprint density at radius 2 is 1.86 bits per heavy atom. The van der Waals surface area contributed by atoms with Gasteiger partial charge in [0.25, 0.3) is 0 Å². The maximum Gasteiger partial charge on any atom is 0.338 e. The first-order valence-electron chi connectivity index (χ1n) is 11.6. The van der Waals surface area contributed by atoms with Crippen molar-refractivity contribution in [3.63, 3.8) is 0 Å². The van der Waals surface area contributed by atoms with Crippen molar-refractivity contribution >= 4 is 5.97 Å². The van der Waals surface area contributed by atoms with Gasteiger partial charge in [0, 0.05) is 36.5 Å². The predicted molar refractivity (Wildman–Crippen MR) is 129 cm³/mol. The van der Waals surface area contributed by atoms with Crippen molar-refractivity contribution in [2.75, 3.05) is 14.2 Å². The molecule has 5 rings (SSSR count). The van der Waals surface area contributed by atoms with E-state index in [9.17, 15) is 9.18 Å². The van der Waals surface area contributed by atoms with Crippen molar-refractivity contribution in [1.82, 2.24) is 19.6 Å². The van der Waals surface area contributed by atoms with Gasteiger partial charge in [0.2, 0.25) is 0 Å². The lowest BCUT2D eigenvalue weighted by molar-refractivity contribution is 0.0601. The maximum absolute atomic E-state index is 14.0. The number of halogens is 1. The van der Waals surface area contributed by atoms with E-state index in [1.807, 2.05) is 46.0 Å². The van der Waals surface area contributed by atoms with Crippen molar-refractivity contribution in [3.05, 3.63) is 89.1 Å². The number of carbonyl (C=O) groups is 1. The second kappa shape index (κ2) is 9.74. The Morgan fingerprint density at radius 1 is 1.06 bits per heavy atom. The summed E-state index contributed by atoms with van der Waals surface area (Å²) in [4.78, 5) is 12.5. The van der Waals surface area contributed by atoms with Gasteiger partial charge in [0.05, 0.1) is 38.2 Å². The van der Waals surface area contributed by atoms with E-state index in [-0.39, 0.29) is 5.56 Å². The third kappa shape index (κ3) is 5.26. The lowest BCUT2D eigenvalue weighted by Crippen LogP contribution is -2.06. The van der Waals surface area contributed by atoms with Gasteiger partial charge >= 0.3 is 5.97 Å². The summed E-state index contributed by atoms with van der Waals surface area (Å²) in [5.41, 5.74) is 4.32. The minimum absolute atomic E-state index is 0.146. The Morgan fingerprint density at radius 3 is 2.57 bits per heavy atom. The van der Waals surface area contributed by atoms with Gasteiger partial charge in [-0.05, 0) is 60.2 Å². The van der Waals surface area contributed by atoms with Crippen LogP contribution in [0, 0.1) is 11.7 Å². The van der Waals surface area contributed by atoms with Gasteiger partial charge in [-0.3, -0.25) is 9.36 Å². The van der Waals surface area contributed by atoms with Crippen molar-refractivity contribution in [2.24, 2.45) is 5.92 Å². The van der Waals surface area contributed by atoms with E-state index >= 15 is 0 Å². The van der Waals surface area contributed by atoms with Crippen LogP contribution in [-0.2, 0) is 24.2 Å². The zero-order valence-electron chi connectivity index (χ0n) is 19.8. The van der Waals surface area contributed by atoms with Gasteiger partial charge in [-0.2, -0.15) is 10.2 Å². The van der Waals surface area contributed by atoms with Crippen molar-refractivity contribution in [3.8, 4) is 17.0 Å². The Hall–Kier alpha value is -3.94. The highest BCUT2D eigenvalue weighted by Crippen LogP contribution is 2.31. The van der Waals surface area contributed by atoms with Gasteiger partial charge in [-0.1, -0.05) is 12.1 Å². The van der Waals surface area contributed by atoms with Gasteiger partial charge in [0.1, 0.15) is 11.6 Å². The van der Waals surface area contributed by atoms with Crippen LogP contribution in [0.5, 0.6) is 5.75 Å². The monoisotopic (exact) mass is 474 g/mol. The standard InChI is InChI=1S/C27H27FN4O3/c1-34-23-8-5-19(6-9-23)15-32-17-21(11-20-13-29-31(16-20)14-18-3-4-18)26(30-32)24-10-7-22(28)12-25(24)27(33)35-2/h5-10,12-13,16-18H,3-4,11,14-15H2,1-2H3. The van der Waals surface area contributed by atoms with Crippen LogP contribution in [0.2, 0.25) is 0 Å². The molecule has 180 valence electrons. The van der Waals surface area contributed by atoms with Crippen molar-refractivity contribution in [1.29, 1.82) is 0 Å². The Bertz CT molecular complexity index is 1340. The molecule has 1 aliphatic carbocycles. The van der Waals surface area contributed by atoms with Crippen molar-refractivity contribution in [2.45, 2.75) is 32.4 Å². The second-order valence-electron chi connectivity index (χ2n) is 8.92. The minimum atomic E-state index is -0.604. The molecule has 35 heavy (non-hydrogen) atoms. The van der Waals surface area contributed by atoms with Crippen LogP contribution in [0.1, 0.15) is 39.9 Å². The summed E-state index contributed by atoms with van der Waals surface area (Å²) in [6.45, 7) is 1.47. The molecule has 0 spiro atoms. The number of ether oxygens (including phenoxy) is 2. The predicted octanol–water partition coefficient (Wildman–Crippen LogP) is 4.73. The lowest BCUT2D eigenvalue weighted by atomic mass is 9.99. The molecule has 7 nitrogen and oxygen atoms in total. The third-order valence-corrected chi connectivity index (χ3v) is 6.21. The van der Waals surface area contributed by atoms with Crippen LogP contribution in [0.3, 0.4) is 0 Å². The Labute approximate surface area is 203 Å². The van der Waals surface area contributed by atoms with E-state index < -0.39 is 11.8 Å². The first-order chi connectivity index (χ1) is 17.0. The molecule has 0 amide bonds. The van der Waals surface area contributed by atoms with E-state index in [1.165, 1.54) is 32.1 Å². The fourth-order valence-corrected chi connectivity index (χ4v) is 4.20. The number of aromatic nitrogens is 4. The smallest absolute Gasteiger partial charge is 0.338 e. The number of nitrogens with zero attached hydrogens (tertiary/aromatic N) is 4. The first kappa shape index (κ1) is 22.8. The Kier molecular flexibility index (Phi) is 6.35. The summed E-state index contributed by atoms with van der Waals surface area (Å²) < 4.78 is 28.0. The van der Waals surface area contributed by atoms with Crippen LogP contribution in [-0.4, -0.2) is 39.7 Å². The minimum Gasteiger partial charge on any atom is -0.497 e. The molecule has 0 bridgehead atoms. The molecule has 1 fully saturated rings. The second-order valence-corrected chi connectivity index (χ2v) is 8.92. The number of rotatable bonds is 9. The molecule has 0 saturated heterocycles. The molecule has 0 N–H and O–H groups in total. The molecule has 0 radical (unpaired) electrons. The highest BCUT2D eigenvalue weighted by Gasteiger charge is 2.23. The number of esters is 1. The number of carbonyl (C=O) groups excluding carboxylic acids is 1. The number of hydrogen-bond acceptors (Lipinski definition) is 5. The SMILES string of the molecule is COC(=O)c1cc(F)ccc1-c1nn(Cc2ccc(OC)cc2)cc1Cc1cnn(CC2CC2)c1. The number of benzene rings is 2.